The van der Waals surface area contributed by atoms with Crippen molar-refractivity contribution in [3.05, 3.63) is 64.4 Å². The van der Waals surface area contributed by atoms with Crippen molar-refractivity contribution in [3.63, 3.8) is 0 Å². The first-order valence-corrected chi connectivity index (χ1v) is 13.0. The lowest BCUT2D eigenvalue weighted by molar-refractivity contribution is 0.0702. The van der Waals surface area contributed by atoms with Crippen molar-refractivity contribution in [2.24, 2.45) is 0 Å². The summed E-state index contributed by atoms with van der Waals surface area (Å²) in [6, 6.07) is 12.9. The van der Waals surface area contributed by atoms with E-state index in [0.717, 1.165) is 32.2 Å². The van der Waals surface area contributed by atoms with Gasteiger partial charge in [-0.2, -0.15) is 4.31 Å². The summed E-state index contributed by atoms with van der Waals surface area (Å²) in [6.45, 7) is 6.94. The van der Waals surface area contributed by atoms with Crippen LogP contribution >= 0.6 is 11.3 Å². The number of carbonyl (C=O) groups is 1. The van der Waals surface area contributed by atoms with Crippen molar-refractivity contribution in [1.29, 1.82) is 0 Å². The molecule has 9 heteroatoms. The van der Waals surface area contributed by atoms with E-state index in [4.69, 9.17) is 0 Å². The Balaban J connectivity index is 1.35. The number of aromatic nitrogens is 2. The second-order valence-corrected chi connectivity index (χ2v) is 11.2. The normalized spacial score (nSPS) is 15.4. The van der Waals surface area contributed by atoms with Gasteiger partial charge in [0.05, 0.1) is 9.77 Å². The number of sulfonamides is 1. The molecule has 0 spiro atoms. The summed E-state index contributed by atoms with van der Waals surface area (Å²) in [7, 11) is -3.63. The van der Waals surface area contributed by atoms with Gasteiger partial charge >= 0.3 is 0 Å². The molecule has 3 heterocycles. The number of hydrogen-bond donors (Lipinski definition) is 0. The van der Waals surface area contributed by atoms with E-state index in [-0.39, 0.29) is 23.9 Å². The molecule has 0 radical (unpaired) electrons. The van der Waals surface area contributed by atoms with E-state index < -0.39 is 10.0 Å². The molecule has 0 N–H and O–H groups in total. The van der Waals surface area contributed by atoms with E-state index >= 15 is 0 Å². The molecule has 5 rings (SSSR count). The van der Waals surface area contributed by atoms with Gasteiger partial charge in [-0.25, -0.2) is 18.4 Å². The summed E-state index contributed by atoms with van der Waals surface area (Å²) in [5.74, 6) is 0.614. The average Bonchev–Trinajstić information content (AvgIpc) is 3.14. The van der Waals surface area contributed by atoms with Crippen molar-refractivity contribution in [2.75, 3.05) is 26.2 Å². The molecule has 1 aliphatic heterocycles. The Morgan fingerprint density at radius 3 is 2.36 bits per heavy atom. The van der Waals surface area contributed by atoms with Crippen LogP contribution in [0, 0.1) is 20.8 Å². The Morgan fingerprint density at radius 2 is 1.64 bits per heavy atom. The number of rotatable bonds is 3. The van der Waals surface area contributed by atoms with Crippen LogP contribution in [0.2, 0.25) is 0 Å². The molecule has 1 amide bonds. The zero-order chi connectivity index (χ0) is 23.3. The van der Waals surface area contributed by atoms with Gasteiger partial charge in [0, 0.05) is 37.3 Å². The molecule has 1 saturated heterocycles. The number of carbonyl (C=O) groups excluding carboxylic acids is 1. The molecular formula is C24H24N4O3S2. The summed E-state index contributed by atoms with van der Waals surface area (Å²) < 4.78 is 27.9. The van der Waals surface area contributed by atoms with Crippen molar-refractivity contribution < 1.29 is 13.2 Å². The van der Waals surface area contributed by atoms with Crippen molar-refractivity contribution in [3.8, 4) is 0 Å². The molecule has 0 aliphatic carbocycles. The van der Waals surface area contributed by atoms with Gasteiger partial charge in [-0.1, -0.05) is 30.3 Å². The third kappa shape index (κ3) is 3.80. The second-order valence-electron chi connectivity index (χ2n) is 8.30. The first-order chi connectivity index (χ1) is 15.8. The lowest BCUT2D eigenvalue weighted by Crippen LogP contribution is -2.50. The highest BCUT2D eigenvalue weighted by molar-refractivity contribution is 7.89. The van der Waals surface area contributed by atoms with Gasteiger partial charge in [-0.05, 0) is 49.2 Å². The lowest BCUT2D eigenvalue weighted by atomic mass is 10.1. The molecule has 0 saturated carbocycles. The SMILES string of the molecule is Cc1nc(C)c2c(C)c(C(=O)N3CCN(S(=O)(=O)c4ccc5ccccc5c4)CC3)sc2n1. The molecule has 2 aromatic heterocycles. The fourth-order valence-corrected chi connectivity index (χ4v) is 7.13. The average molecular weight is 481 g/mol. The van der Waals surface area contributed by atoms with E-state index in [9.17, 15) is 13.2 Å². The molecule has 7 nitrogen and oxygen atoms in total. The molecule has 4 aromatic rings. The summed E-state index contributed by atoms with van der Waals surface area (Å²) in [6.07, 6.45) is 0. The van der Waals surface area contributed by atoms with Crippen LogP contribution in [0.3, 0.4) is 0 Å². The number of aryl methyl sites for hydroxylation is 3. The monoisotopic (exact) mass is 480 g/mol. The summed E-state index contributed by atoms with van der Waals surface area (Å²) >= 11 is 1.38. The van der Waals surface area contributed by atoms with Crippen LogP contribution in [-0.2, 0) is 10.0 Å². The molecule has 0 unspecified atom stereocenters. The van der Waals surface area contributed by atoms with Crippen LogP contribution in [0.1, 0.15) is 26.8 Å². The van der Waals surface area contributed by atoms with E-state index in [0.29, 0.717) is 23.8 Å². The van der Waals surface area contributed by atoms with Crippen LogP contribution in [-0.4, -0.2) is 59.7 Å². The predicted molar refractivity (Wildman–Crippen MR) is 130 cm³/mol. The number of fused-ring (bicyclic) bond motifs is 2. The van der Waals surface area contributed by atoms with Crippen LogP contribution in [0.15, 0.2) is 47.4 Å². The molecule has 0 atom stereocenters. The van der Waals surface area contributed by atoms with E-state index in [1.807, 2.05) is 51.1 Å². The first kappa shape index (κ1) is 21.9. The molecule has 33 heavy (non-hydrogen) atoms. The van der Waals surface area contributed by atoms with Crippen LogP contribution in [0.5, 0.6) is 0 Å². The number of nitrogens with zero attached hydrogens (tertiary/aromatic N) is 4. The molecule has 170 valence electrons. The maximum absolute atomic E-state index is 13.3. The minimum absolute atomic E-state index is 0.0738. The van der Waals surface area contributed by atoms with Crippen LogP contribution < -0.4 is 0 Å². The van der Waals surface area contributed by atoms with Crippen molar-refractivity contribution in [1.82, 2.24) is 19.2 Å². The van der Waals surface area contributed by atoms with Gasteiger partial charge in [0.15, 0.2) is 0 Å². The van der Waals surface area contributed by atoms with Crippen LogP contribution in [0.25, 0.3) is 21.0 Å². The fraction of sp³-hybridized carbons (Fsp3) is 0.292. The zero-order valence-electron chi connectivity index (χ0n) is 18.7. The van der Waals surface area contributed by atoms with Gasteiger partial charge in [0.2, 0.25) is 10.0 Å². The summed E-state index contributed by atoms with van der Waals surface area (Å²) in [4.78, 5) is 25.7. The third-order valence-electron chi connectivity index (χ3n) is 6.16. The Kier molecular flexibility index (Phi) is 5.43. The van der Waals surface area contributed by atoms with Crippen LogP contribution in [0.4, 0.5) is 0 Å². The Bertz CT molecular complexity index is 1500. The first-order valence-electron chi connectivity index (χ1n) is 10.8. The topological polar surface area (TPSA) is 83.5 Å². The Labute approximate surface area is 196 Å². The number of amides is 1. The third-order valence-corrected chi connectivity index (χ3v) is 9.23. The van der Waals surface area contributed by atoms with Gasteiger partial charge in [-0.15, -0.1) is 11.3 Å². The maximum Gasteiger partial charge on any atom is 0.264 e. The molecular weight excluding hydrogens is 456 g/mol. The smallest absolute Gasteiger partial charge is 0.264 e. The quantitative estimate of drug-likeness (QED) is 0.444. The Morgan fingerprint density at radius 1 is 0.939 bits per heavy atom. The number of hydrogen-bond acceptors (Lipinski definition) is 6. The molecule has 1 aliphatic rings. The standard InChI is InChI=1S/C24H24N4O3S2/c1-15-21-16(2)25-17(3)26-23(21)32-22(15)24(29)27-10-12-28(13-11-27)33(30,31)20-9-8-18-6-4-5-7-19(18)14-20/h4-9,14H,10-13H2,1-3H3. The minimum atomic E-state index is -3.63. The van der Waals surface area contributed by atoms with Gasteiger partial charge in [-0.3, -0.25) is 4.79 Å². The molecule has 2 aromatic carbocycles. The van der Waals surface area contributed by atoms with E-state index in [2.05, 4.69) is 9.97 Å². The van der Waals surface area contributed by atoms with E-state index in [1.165, 1.54) is 15.6 Å². The number of benzene rings is 2. The summed E-state index contributed by atoms with van der Waals surface area (Å²) in [5.41, 5.74) is 1.76. The second kappa shape index (κ2) is 8.16. The Hall–Kier alpha value is -2.88. The van der Waals surface area contributed by atoms with Gasteiger partial charge < -0.3 is 4.90 Å². The predicted octanol–water partition coefficient (Wildman–Crippen LogP) is 3.92. The number of piperazine rings is 1. The maximum atomic E-state index is 13.3. The van der Waals surface area contributed by atoms with Crippen molar-refractivity contribution >= 4 is 48.3 Å². The highest BCUT2D eigenvalue weighted by Gasteiger charge is 2.32. The molecule has 1 fully saturated rings. The minimum Gasteiger partial charge on any atom is -0.335 e. The fourth-order valence-electron chi connectivity index (χ4n) is 4.43. The summed E-state index contributed by atoms with van der Waals surface area (Å²) in [5, 5.41) is 2.83. The highest BCUT2D eigenvalue weighted by atomic mass is 32.2. The molecule has 0 bridgehead atoms. The zero-order valence-corrected chi connectivity index (χ0v) is 20.3. The highest BCUT2D eigenvalue weighted by Crippen LogP contribution is 2.32. The largest absolute Gasteiger partial charge is 0.335 e. The van der Waals surface area contributed by atoms with Gasteiger partial charge in [0.1, 0.15) is 10.7 Å². The van der Waals surface area contributed by atoms with Gasteiger partial charge in [0.25, 0.3) is 5.91 Å². The van der Waals surface area contributed by atoms with Crippen molar-refractivity contribution in [2.45, 2.75) is 25.7 Å². The number of thiophene rings is 1. The van der Waals surface area contributed by atoms with E-state index in [1.54, 1.807) is 17.0 Å². The lowest BCUT2D eigenvalue weighted by Gasteiger charge is -2.34.